The third-order valence-corrected chi connectivity index (χ3v) is 11.3. The summed E-state index contributed by atoms with van der Waals surface area (Å²) in [5, 5.41) is 6.66. The molecule has 288 valence electrons. The molecule has 0 radical (unpaired) electrons. The van der Waals surface area contributed by atoms with Crippen LogP contribution < -0.4 is 24.8 Å². The maximum Gasteiger partial charge on any atom is 0.216 e. The second kappa shape index (κ2) is 19.4. The minimum absolute atomic E-state index is 0.0573. The Morgan fingerprint density at radius 2 is 1.61 bits per heavy atom. The molecule has 0 atom stereocenters. The number of carbonyl (C=O) groups excluding carboxylic acids is 1. The summed E-state index contributed by atoms with van der Waals surface area (Å²) in [6.07, 6.45) is 9.59. The number of halogens is 1. The first kappa shape index (κ1) is 39.5. The van der Waals surface area contributed by atoms with Gasteiger partial charge in [-0.2, -0.15) is 0 Å². The number of likely N-dealkylation sites (tertiary alicyclic amines) is 1. The summed E-state index contributed by atoms with van der Waals surface area (Å²) in [4.78, 5) is 18.1. The average Bonchev–Trinajstić information content (AvgIpc) is 3.18. The highest BCUT2D eigenvalue weighted by molar-refractivity contribution is 6.32. The summed E-state index contributed by atoms with van der Waals surface area (Å²) in [7, 11) is 0. The average molecular weight is 755 g/mol. The van der Waals surface area contributed by atoms with Gasteiger partial charge in [-0.3, -0.25) is 9.78 Å². The summed E-state index contributed by atoms with van der Waals surface area (Å²) in [6.45, 7) is 14.2. The highest BCUT2D eigenvalue weighted by Crippen LogP contribution is 2.41. The van der Waals surface area contributed by atoms with Crippen LogP contribution in [0, 0.1) is 19.3 Å². The predicted octanol–water partition coefficient (Wildman–Crippen LogP) is 8.06. The van der Waals surface area contributed by atoms with E-state index in [1.54, 1.807) is 12.4 Å². The molecule has 1 amide bonds. The van der Waals surface area contributed by atoms with Crippen molar-refractivity contribution in [1.29, 1.82) is 0 Å². The van der Waals surface area contributed by atoms with Gasteiger partial charge in [0.15, 0.2) is 0 Å². The van der Waals surface area contributed by atoms with Crippen molar-refractivity contribution in [2.75, 3.05) is 52.5 Å². The zero-order chi connectivity index (χ0) is 37.8. The Kier molecular flexibility index (Phi) is 14.2. The third-order valence-electron chi connectivity index (χ3n) is 11.0. The van der Waals surface area contributed by atoms with Crippen molar-refractivity contribution < 1.29 is 23.7 Å². The van der Waals surface area contributed by atoms with Gasteiger partial charge >= 0.3 is 0 Å². The molecule has 0 unspecified atom stereocenters. The van der Waals surface area contributed by atoms with Crippen molar-refractivity contribution in [2.45, 2.75) is 72.6 Å². The van der Waals surface area contributed by atoms with E-state index < -0.39 is 0 Å². The summed E-state index contributed by atoms with van der Waals surface area (Å²) in [5.74, 6) is 2.09. The van der Waals surface area contributed by atoms with Crippen molar-refractivity contribution in [3.63, 3.8) is 0 Å². The molecule has 2 aliphatic heterocycles. The molecule has 10 heteroatoms. The SMILES string of the molecule is CC(=O)NCCNCc1cc(Cl)c(OCc2cccc(-c3cccc(OCCCN4CCC5(CCOCC5)CC4)c3C)c2C)cc1OCc1cccnc1. The van der Waals surface area contributed by atoms with E-state index in [0.717, 1.165) is 70.9 Å². The Labute approximate surface area is 325 Å². The molecule has 6 rings (SSSR count). The van der Waals surface area contributed by atoms with Crippen molar-refractivity contribution in [3.8, 4) is 28.4 Å². The fraction of sp³-hybridized carbons (Fsp3) is 0.455. The number of carbonyl (C=O) groups is 1. The molecule has 4 aromatic rings. The van der Waals surface area contributed by atoms with Gasteiger partial charge in [0.25, 0.3) is 0 Å². The van der Waals surface area contributed by atoms with Gasteiger partial charge in [0.05, 0.1) is 11.6 Å². The number of piperidine rings is 1. The molecule has 1 aromatic heterocycles. The Balaban J connectivity index is 1.07. The topological polar surface area (TPSA) is 94.2 Å². The fourth-order valence-electron chi connectivity index (χ4n) is 7.53. The lowest BCUT2D eigenvalue weighted by Crippen LogP contribution is -2.43. The maximum atomic E-state index is 11.3. The molecule has 9 nitrogen and oxygen atoms in total. The Hall–Kier alpha value is -4.15. The lowest BCUT2D eigenvalue weighted by Gasteiger charge is -2.44. The van der Waals surface area contributed by atoms with Gasteiger partial charge < -0.3 is 34.5 Å². The second-order valence-electron chi connectivity index (χ2n) is 14.7. The predicted molar refractivity (Wildman–Crippen MR) is 214 cm³/mol. The lowest BCUT2D eigenvalue weighted by molar-refractivity contribution is -0.118. The molecular formula is C44H55ClN4O5. The number of pyridine rings is 1. The second-order valence-corrected chi connectivity index (χ2v) is 15.1. The first-order valence-corrected chi connectivity index (χ1v) is 19.7. The standard InChI is InChI=1S/C44H55ClN4O5/c1-32-36(31-54-43-27-42(53-30-35-8-6-17-46-28-35)37(26-40(43)45)29-47-18-19-48-34(3)50)9-4-10-38(32)39-11-5-12-41(33(39)2)52-23-7-20-49-21-13-44(14-22-49)15-24-51-25-16-44/h4-6,8-12,17,26-28,47H,7,13-16,18-25,29-31H2,1-3H3,(H,48,50). The van der Waals surface area contributed by atoms with E-state index in [-0.39, 0.29) is 5.91 Å². The largest absolute Gasteiger partial charge is 0.493 e. The number of hydrogen-bond donors (Lipinski definition) is 2. The molecule has 0 aliphatic carbocycles. The normalized spacial score (nSPS) is 15.6. The molecule has 2 saturated heterocycles. The molecule has 0 saturated carbocycles. The smallest absolute Gasteiger partial charge is 0.216 e. The highest BCUT2D eigenvalue weighted by atomic mass is 35.5. The fourth-order valence-corrected chi connectivity index (χ4v) is 7.77. The van der Waals surface area contributed by atoms with Crippen LogP contribution in [-0.2, 0) is 29.3 Å². The minimum atomic E-state index is -0.0573. The quantitative estimate of drug-likeness (QED) is 0.105. The van der Waals surface area contributed by atoms with Crippen LogP contribution in [0.2, 0.25) is 5.02 Å². The molecule has 3 heterocycles. The van der Waals surface area contributed by atoms with Gasteiger partial charge in [0, 0.05) is 75.9 Å². The van der Waals surface area contributed by atoms with Gasteiger partial charge in [-0.15, -0.1) is 0 Å². The molecule has 0 bridgehead atoms. The molecule has 1 spiro atoms. The van der Waals surface area contributed by atoms with Gasteiger partial charge in [-0.25, -0.2) is 0 Å². The highest BCUT2D eigenvalue weighted by Gasteiger charge is 2.35. The monoisotopic (exact) mass is 754 g/mol. The number of rotatable bonds is 17. The number of nitrogens with zero attached hydrogens (tertiary/aromatic N) is 2. The van der Waals surface area contributed by atoms with E-state index in [1.807, 2.05) is 24.3 Å². The van der Waals surface area contributed by atoms with Crippen LogP contribution in [0.3, 0.4) is 0 Å². The Morgan fingerprint density at radius 1 is 0.852 bits per heavy atom. The zero-order valence-corrected chi connectivity index (χ0v) is 32.8. The maximum absolute atomic E-state index is 11.3. The van der Waals surface area contributed by atoms with Crippen LogP contribution >= 0.6 is 11.6 Å². The van der Waals surface area contributed by atoms with E-state index in [2.05, 4.69) is 70.8 Å². The molecule has 2 N–H and O–H groups in total. The van der Waals surface area contributed by atoms with Crippen molar-refractivity contribution in [1.82, 2.24) is 20.5 Å². The lowest BCUT2D eigenvalue weighted by atomic mass is 9.72. The number of ether oxygens (including phenoxy) is 4. The van der Waals surface area contributed by atoms with E-state index in [4.69, 9.17) is 30.5 Å². The molecule has 2 aliphatic rings. The van der Waals surface area contributed by atoms with Gasteiger partial charge in [0.2, 0.25) is 5.91 Å². The first-order valence-electron chi connectivity index (χ1n) is 19.3. The van der Waals surface area contributed by atoms with Crippen LogP contribution in [0.4, 0.5) is 0 Å². The van der Waals surface area contributed by atoms with Crippen LogP contribution in [0.5, 0.6) is 17.2 Å². The molecule has 2 fully saturated rings. The van der Waals surface area contributed by atoms with Crippen LogP contribution in [-0.4, -0.2) is 68.3 Å². The third kappa shape index (κ3) is 10.7. The molecular weight excluding hydrogens is 700 g/mol. The summed E-state index contributed by atoms with van der Waals surface area (Å²) in [6, 6.07) is 20.3. The van der Waals surface area contributed by atoms with Crippen molar-refractivity contribution >= 4 is 17.5 Å². The number of nitrogens with one attached hydrogen (secondary N) is 2. The minimum Gasteiger partial charge on any atom is -0.493 e. The summed E-state index contributed by atoms with van der Waals surface area (Å²) >= 11 is 6.80. The zero-order valence-electron chi connectivity index (χ0n) is 32.1. The number of hydrogen-bond acceptors (Lipinski definition) is 8. The first-order chi connectivity index (χ1) is 26.3. The summed E-state index contributed by atoms with van der Waals surface area (Å²) < 4.78 is 24.7. The Morgan fingerprint density at radius 3 is 2.37 bits per heavy atom. The number of aromatic nitrogens is 1. The number of amides is 1. The van der Waals surface area contributed by atoms with Crippen LogP contribution in [0.1, 0.15) is 66.8 Å². The van der Waals surface area contributed by atoms with Gasteiger partial charge in [-0.1, -0.05) is 48.0 Å². The number of benzene rings is 3. The van der Waals surface area contributed by atoms with E-state index in [0.29, 0.717) is 61.4 Å². The van der Waals surface area contributed by atoms with E-state index >= 15 is 0 Å². The summed E-state index contributed by atoms with van der Waals surface area (Å²) in [5.41, 5.74) is 8.04. The van der Waals surface area contributed by atoms with Crippen LogP contribution in [0.25, 0.3) is 11.1 Å². The van der Waals surface area contributed by atoms with Crippen LogP contribution in [0.15, 0.2) is 73.1 Å². The molecule has 54 heavy (non-hydrogen) atoms. The van der Waals surface area contributed by atoms with Crippen molar-refractivity contribution in [2.24, 2.45) is 5.41 Å². The molecule has 3 aromatic carbocycles. The Bertz CT molecular complexity index is 1820. The van der Waals surface area contributed by atoms with Gasteiger partial charge in [0.1, 0.15) is 30.5 Å². The van der Waals surface area contributed by atoms with Gasteiger partial charge in [-0.05, 0) is 110 Å². The van der Waals surface area contributed by atoms with E-state index in [9.17, 15) is 4.79 Å². The van der Waals surface area contributed by atoms with E-state index in [1.165, 1.54) is 45.7 Å². The van der Waals surface area contributed by atoms with Crippen molar-refractivity contribution in [3.05, 3.63) is 106 Å².